The molecule has 0 aliphatic carbocycles. The van der Waals surface area contributed by atoms with Crippen LogP contribution in [-0.2, 0) is 25.7 Å². The van der Waals surface area contributed by atoms with Gasteiger partial charge in [-0.3, -0.25) is 14.4 Å². The molecule has 0 saturated carbocycles. The van der Waals surface area contributed by atoms with E-state index >= 15 is 0 Å². The Kier molecular flexibility index (Phi) is 7.94. The predicted octanol–water partition coefficient (Wildman–Crippen LogP) is 3.30. The van der Waals surface area contributed by atoms with Gasteiger partial charge in [-0.2, -0.15) is 0 Å². The Morgan fingerprint density at radius 3 is 2.35 bits per heavy atom. The van der Waals surface area contributed by atoms with E-state index in [4.69, 9.17) is 4.74 Å². The number of carbonyl (C=O) groups excluding carboxylic acids is 3. The van der Waals surface area contributed by atoms with E-state index in [1.165, 1.54) is 0 Å². The van der Waals surface area contributed by atoms with Crippen molar-refractivity contribution in [2.75, 3.05) is 19.7 Å². The number of amides is 3. The molecule has 216 valence electrons. The van der Waals surface area contributed by atoms with Crippen molar-refractivity contribution in [3.8, 4) is 0 Å². The van der Waals surface area contributed by atoms with Crippen molar-refractivity contribution in [1.82, 2.24) is 14.7 Å². The molecule has 1 aromatic rings. The van der Waals surface area contributed by atoms with E-state index in [1.807, 2.05) is 80.3 Å². The van der Waals surface area contributed by atoms with Gasteiger partial charge in [0, 0.05) is 25.7 Å². The normalized spacial score (nSPS) is 33.0. The van der Waals surface area contributed by atoms with Crippen LogP contribution in [0, 0.1) is 11.8 Å². The molecule has 0 bridgehead atoms. The smallest absolute Gasteiger partial charge is 0.249 e. The maximum atomic E-state index is 14.5. The maximum absolute atomic E-state index is 14.5. The van der Waals surface area contributed by atoms with Crippen LogP contribution in [-0.4, -0.2) is 86.6 Å². The third-order valence-electron chi connectivity index (χ3n) is 9.52. The minimum Gasteiger partial charge on any atom is -0.394 e. The Labute approximate surface area is 237 Å². The van der Waals surface area contributed by atoms with Gasteiger partial charge >= 0.3 is 0 Å². The van der Waals surface area contributed by atoms with Crippen LogP contribution in [0.1, 0.15) is 58.9 Å². The first-order chi connectivity index (χ1) is 19.3. The summed E-state index contributed by atoms with van der Waals surface area (Å²) in [6.07, 6.45) is 10.5. The van der Waals surface area contributed by atoms with Crippen molar-refractivity contribution in [2.24, 2.45) is 11.8 Å². The molecule has 0 radical (unpaired) electrons. The molecule has 1 aromatic carbocycles. The molecule has 4 aliphatic heterocycles. The van der Waals surface area contributed by atoms with Crippen LogP contribution in [0.15, 0.2) is 54.6 Å². The number of fused-ring (bicyclic) bond motifs is 2. The monoisotopic (exact) mass is 549 g/mol. The Morgan fingerprint density at radius 1 is 0.975 bits per heavy atom. The number of likely N-dealkylation sites (tertiary alicyclic amines) is 1. The first-order valence-electron chi connectivity index (χ1n) is 14.9. The van der Waals surface area contributed by atoms with Crippen LogP contribution in [0.3, 0.4) is 0 Å². The minimum absolute atomic E-state index is 0.0163. The molecule has 2 unspecified atom stereocenters. The Morgan fingerprint density at radius 2 is 1.70 bits per heavy atom. The number of carbonyl (C=O) groups is 3. The van der Waals surface area contributed by atoms with Gasteiger partial charge in [-0.1, -0.05) is 81.8 Å². The van der Waals surface area contributed by atoms with Crippen molar-refractivity contribution >= 4 is 17.7 Å². The number of ether oxygens (including phenoxy) is 1. The van der Waals surface area contributed by atoms with Crippen molar-refractivity contribution in [3.05, 3.63) is 60.2 Å². The van der Waals surface area contributed by atoms with Gasteiger partial charge in [0.25, 0.3) is 0 Å². The maximum Gasteiger partial charge on any atom is 0.249 e. The molecule has 8 nitrogen and oxygen atoms in total. The molecule has 2 fully saturated rings. The highest BCUT2D eigenvalue weighted by Gasteiger charge is 2.75. The van der Waals surface area contributed by atoms with Crippen molar-refractivity contribution in [3.63, 3.8) is 0 Å². The summed E-state index contributed by atoms with van der Waals surface area (Å²) >= 11 is 0. The van der Waals surface area contributed by atoms with Crippen LogP contribution >= 0.6 is 0 Å². The fourth-order valence-electron chi connectivity index (χ4n) is 7.49. The lowest BCUT2D eigenvalue weighted by molar-refractivity contribution is -0.158. The van der Waals surface area contributed by atoms with Crippen molar-refractivity contribution in [2.45, 2.75) is 89.3 Å². The summed E-state index contributed by atoms with van der Waals surface area (Å²) in [5, 5.41) is 10.3. The molecule has 1 spiro atoms. The summed E-state index contributed by atoms with van der Waals surface area (Å²) in [6, 6.07) is 8.33. The second-order valence-corrected chi connectivity index (χ2v) is 11.7. The summed E-state index contributed by atoms with van der Waals surface area (Å²) in [5.74, 6) is -2.24. The van der Waals surface area contributed by atoms with Gasteiger partial charge in [0.05, 0.1) is 30.1 Å². The molecule has 4 aliphatic rings. The highest BCUT2D eigenvalue weighted by atomic mass is 16.5. The standard InChI is InChI=1S/C32H43N3O5/c1-5-13-22(4)34-19-12-17-32-26(29(38)35(24(6-2)21-36)27(32)30(34)39)25-28(37)33(20-23-14-9-8-10-15-23)18-11-16-31(25,7-3)40-32/h8-12,14-17,22,24-27,36H,5-7,13,18-21H2,1-4H3/t22?,24-,25+,26-,27?,31-,32-/m0/s1. The van der Waals surface area contributed by atoms with Gasteiger partial charge in [-0.05, 0) is 31.7 Å². The first-order valence-corrected chi connectivity index (χ1v) is 14.9. The van der Waals surface area contributed by atoms with Gasteiger partial charge in [-0.25, -0.2) is 0 Å². The lowest BCUT2D eigenvalue weighted by Crippen LogP contribution is -2.59. The first kappa shape index (κ1) is 28.6. The third-order valence-corrected chi connectivity index (χ3v) is 9.52. The Hall–Kier alpha value is -2.97. The lowest BCUT2D eigenvalue weighted by atomic mass is 9.73. The van der Waals surface area contributed by atoms with E-state index < -0.39 is 35.1 Å². The molecule has 5 rings (SSSR count). The molecule has 7 atom stereocenters. The van der Waals surface area contributed by atoms with Gasteiger partial charge < -0.3 is 24.5 Å². The van der Waals surface area contributed by atoms with Crippen LogP contribution in [0.4, 0.5) is 0 Å². The molecular weight excluding hydrogens is 506 g/mol. The highest BCUT2D eigenvalue weighted by Crippen LogP contribution is 2.59. The molecule has 1 N–H and O–H groups in total. The van der Waals surface area contributed by atoms with E-state index in [9.17, 15) is 19.5 Å². The van der Waals surface area contributed by atoms with Crippen molar-refractivity contribution < 1.29 is 24.2 Å². The fraction of sp³-hybridized carbons (Fsp3) is 0.594. The second-order valence-electron chi connectivity index (χ2n) is 11.7. The van der Waals surface area contributed by atoms with Gasteiger partial charge in [0.15, 0.2) is 0 Å². The molecule has 40 heavy (non-hydrogen) atoms. The Balaban J connectivity index is 1.63. The second kappa shape index (κ2) is 11.1. The average molecular weight is 550 g/mol. The Bertz CT molecular complexity index is 1180. The molecule has 4 heterocycles. The summed E-state index contributed by atoms with van der Waals surface area (Å²) in [4.78, 5) is 48.6. The lowest BCUT2D eigenvalue weighted by Gasteiger charge is -2.41. The molecular formula is C32H43N3O5. The number of hydrogen-bond acceptors (Lipinski definition) is 5. The summed E-state index contributed by atoms with van der Waals surface area (Å²) in [7, 11) is 0. The van der Waals surface area contributed by atoms with Gasteiger partial charge in [0.2, 0.25) is 17.7 Å². The van der Waals surface area contributed by atoms with E-state index in [0.29, 0.717) is 32.5 Å². The van der Waals surface area contributed by atoms with E-state index in [0.717, 1.165) is 18.4 Å². The van der Waals surface area contributed by atoms with Gasteiger partial charge in [-0.15, -0.1) is 0 Å². The quantitative estimate of drug-likeness (QED) is 0.478. The van der Waals surface area contributed by atoms with Gasteiger partial charge in [0.1, 0.15) is 11.6 Å². The molecule has 8 heteroatoms. The number of aliphatic hydroxyl groups is 1. The highest BCUT2D eigenvalue weighted by molar-refractivity contribution is 6.00. The fourth-order valence-corrected chi connectivity index (χ4v) is 7.49. The van der Waals surface area contributed by atoms with Crippen molar-refractivity contribution in [1.29, 1.82) is 0 Å². The number of nitrogens with zero attached hydrogens (tertiary/aromatic N) is 3. The zero-order valence-electron chi connectivity index (χ0n) is 24.2. The predicted molar refractivity (Wildman–Crippen MR) is 152 cm³/mol. The zero-order chi connectivity index (χ0) is 28.7. The largest absolute Gasteiger partial charge is 0.394 e. The number of hydrogen-bond donors (Lipinski definition) is 1. The third kappa shape index (κ3) is 4.31. The topological polar surface area (TPSA) is 90.4 Å². The van der Waals surface area contributed by atoms with E-state index in [2.05, 4.69) is 6.92 Å². The molecule has 3 amide bonds. The summed E-state index contributed by atoms with van der Waals surface area (Å²) in [5.41, 5.74) is -1.30. The van der Waals surface area contributed by atoms with E-state index in [1.54, 1.807) is 9.80 Å². The SMILES string of the molecule is CCCC(C)N1CC=C[C@]23O[C@@]4(CC)C=CCN(Cc5ccccc5)C(=O)[C@H]4[C@H]2C(=O)N([C@@H](CC)CO)C3C1=O. The van der Waals surface area contributed by atoms with E-state index in [-0.39, 0.29) is 30.4 Å². The zero-order valence-corrected chi connectivity index (χ0v) is 24.2. The van der Waals surface area contributed by atoms with Crippen LogP contribution < -0.4 is 0 Å². The molecule has 0 aromatic heterocycles. The molecule has 2 saturated heterocycles. The van der Waals surface area contributed by atoms with Crippen LogP contribution in [0.2, 0.25) is 0 Å². The van der Waals surface area contributed by atoms with Crippen LogP contribution in [0.25, 0.3) is 0 Å². The number of aliphatic hydroxyl groups excluding tert-OH is 1. The summed E-state index contributed by atoms with van der Waals surface area (Å²) < 4.78 is 7.03. The summed E-state index contributed by atoms with van der Waals surface area (Å²) in [6.45, 7) is 9.01. The van der Waals surface area contributed by atoms with Crippen LogP contribution in [0.5, 0.6) is 0 Å². The minimum atomic E-state index is -1.30. The average Bonchev–Trinajstić information content (AvgIpc) is 3.25. The number of benzene rings is 1. The number of rotatable bonds is 9.